The van der Waals surface area contributed by atoms with Crippen LogP contribution in [0.2, 0.25) is 0 Å². The highest BCUT2D eigenvalue weighted by Crippen LogP contribution is 2.21. The Bertz CT molecular complexity index is 513. The number of likely N-dealkylation sites (tertiary alicyclic amines) is 1. The van der Waals surface area contributed by atoms with Crippen molar-refractivity contribution in [1.29, 1.82) is 0 Å². The van der Waals surface area contributed by atoms with Gasteiger partial charge in [0.1, 0.15) is 5.69 Å². The van der Waals surface area contributed by atoms with Crippen molar-refractivity contribution in [3.05, 3.63) is 18.0 Å². The van der Waals surface area contributed by atoms with Crippen LogP contribution in [0.5, 0.6) is 0 Å². The summed E-state index contributed by atoms with van der Waals surface area (Å²) in [4.78, 5) is 23.3. The van der Waals surface area contributed by atoms with Crippen LogP contribution in [-0.2, 0) is 0 Å². The summed E-state index contributed by atoms with van der Waals surface area (Å²) >= 11 is 0. The van der Waals surface area contributed by atoms with E-state index in [-0.39, 0.29) is 5.91 Å². The van der Waals surface area contributed by atoms with Crippen molar-refractivity contribution in [2.45, 2.75) is 57.9 Å². The number of nitrogens with one attached hydrogen (secondary N) is 1. The zero-order valence-corrected chi connectivity index (χ0v) is 13.4. The van der Waals surface area contributed by atoms with E-state index in [0.717, 1.165) is 19.5 Å². The second kappa shape index (κ2) is 7.07. The molecule has 1 aromatic heterocycles. The Balaban J connectivity index is 1.66. The lowest BCUT2D eigenvalue weighted by atomic mass is 9.96. The minimum absolute atomic E-state index is 0.0423. The van der Waals surface area contributed by atoms with Gasteiger partial charge in [0.2, 0.25) is 5.95 Å². The fourth-order valence-electron chi connectivity index (χ4n) is 3.51. The van der Waals surface area contributed by atoms with E-state index in [2.05, 4.69) is 22.2 Å². The molecule has 1 atom stereocenters. The van der Waals surface area contributed by atoms with Gasteiger partial charge in [0, 0.05) is 25.3 Å². The van der Waals surface area contributed by atoms with Crippen LogP contribution < -0.4 is 5.32 Å². The number of nitrogens with zero attached hydrogens (tertiary/aromatic N) is 3. The van der Waals surface area contributed by atoms with Gasteiger partial charge in [-0.15, -0.1) is 0 Å². The Hall–Kier alpha value is -1.65. The maximum Gasteiger partial charge on any atom is 0.272 e. The number of amides is 1. The van der Waals surface area contributed by atoms with Gasteiger partial charge in [0.15, 0.2) is 0 Å². The standard InChI is InChI=1S/C17H26N4O/c1-13-6-5-11-21(12-13)16(22)15-9-10-18-17(20-15)19-14-7-3-2-4-8-14/h9-10,13-14H,2-8,11-12H2,1H3,(H,18,19,20). The van der Waals surface area contributed by atoms with Crippen molar-refractivity contribution in [2.24, 2.45) is 5.92 Å². The molecule has 1 aromatic rings. The SMILES string of the molecule is CC1CCCN(C(=O)c2ccnc(NC3CCCCC3)n2)C1. The van der Waals surface area contributed by atoms with Gasteiger partial charge in [-0.1, -0.05) is 26.2 Å². The van der Waals surface area contributed by atoms with E-state index in [0.29, 0.717) is 23.6 Å². The van der Waals surface area contributed by atoms with Gasteiger partial charge in [0.05, 0.1) is 0 Å². The molecule has 5 nitrogen and oxygen atoms in total. The summed E-state index contributed by atoms with van der Waals surface area (Å²) in [6.07, 6.45) is 10.2. The van der Waals surface area contributed by atoms with Crippen LogP contribution in [0.15, 0.2) is 12.3 Å². The molecular weight excluding hydrogens is 276 g/mol. The summed E-state index contributed by atoms with van der Waals surface area (Å²) in [7, 11) is 0. The average molecular weight is 302 g/mol. The quantitative estimate of drug-likeness (QED) is 0.932. The Morgan fingerprint density at radius 1 is 1.23 bits per heavy atom. The number of hydrogen-bond acceptors (Lipinski definition) is 4. The molecule has 0 bridgehead atoms. The molecule has 1 saturated heterocycles. The summed E-state index contributed by atoms with van der Waals surface area (Å²) in [5.41, 5.74) is 0.516. The zero-order valence-electron chi connectivity index (χ0n) is 13.4. The summed E-state index contributed by atoms with van der Waals surface area (Å²) < 4.78 is 0. The fourth-order valence-corrected chi connectivity index (χ4v) is 3.51. The van der Waals surface area contributed by atoms with E-state index >= 15 is 0 Å². The van der Waals surface area contributed by atoms with Gasteiger partial charge in [0.25, 0.3) is 5.91 Å². The van der Waals surface area contributed by atoms with E-state index in [4.69, 9.17) is 0 Å². The lowest BCUT2D eigenvalue weighted by Gasteiger charge is -2.30. The van der Waals surface area contributed by atoms with Crippen molar-refractivity contribution < 1.29 is 4.79 Å². The first-order valence-corrected chi connectivity index (χ1v) is 8.61. The lowest BCUT2D eigenvalue weighted by Crippen LogP contribution is -2.39. The number of rotatable bonds is 3. The van der Waals surface area contributed by atoms with Crippen molar-refractivity contribution in [3.63, 3.8) is 0 Å². The van der Waals surface area contributed by atoms with Crippen LogP contribution in [0.25, 0.3) is 0 Å². The molecular formula is C17H26N4O. The highest BCUT2D eigenvalue weighted by Gasteiger charge is 2.23. The molecule has 22 heavy (non-hydrogen) atoms. The maximum absolute atomic E-state index is 12.6. The molecule has 2 fully saturated rings. The van der Waals surface area contributed by atoms with Gasteiger partial charge in [-0.25, -0.2) is 9.97 Å². The third-order valence-electron chi connectivity index (χ3n) is 4.76. The second-order valence-corrected chi connectivity index (χ2v) is 6.74. The molecule has 1 unspecified atom stereocenters. The molecule has 1 aliphatic carbocycles. The van der Waals surface area contributed by atoms with Crippen molar-refractivity contribution >= 4 is 11.9 Å². The molecule has 1 saturated carbocycles. The van der Waals surface area contributed by atoms with E-state index in [1.165, 1.54) is 38.5 Å². The highest BCUT2D eigenvalue weighted by molar-refractivity contribution is 5.92. The second-order valence-electron chi connectivity index (χ2n) is 6.74. The minimum Gasteiger partial charge on any atom is -0.351 e. The molecule has 120 valence electrons. The minimum atomic E-state index is 0.0423. The first-order valence-electron chi connectivity index (χ1n) is 8.61. The molecule has 1 N–H and O–H groups in total. The first kappa shape index (κ1) is 15.3. The average Bonchev–Trinajstić information content (AvgIpc) is 2.55. The van der Waals surface area contributed by atoms with Crippen molar-refractivity contribution in [1.82, 2.24) is 14.9 Å². The lowest BCUT2D eigenvalue weighted by molar-refractivity contribution is 0.0677. The van der Waals surface area contributed by atoms with Gasteiger partial charge in [-0.05, 0) is 37.7 Å². The van der Waals surface area contributed by atoms with Crippen LogP contribution in [0.4, 0.5) is 5.95 Å². The molecule has 1 amide bonds. The largest absolute Gasteiger partial charge is 0.351 e. The summed E-state index contributed by atoms with van der Waals surface area (Å²) in [5, 5.41) is 3.39. The van der Waals surface area contributed by atoms with Crippen molar-refractivity contribution in [2.75, 3.05) is 18.4 Å². The van der Waals surface area contributed by atoms with E-state index in [9.17, 15) is 4.79 Å². The summed E-state index contributed by atoms with van der Waals surface area (Å²) in [6.45, 7) is 3.89. The molecule has 5 heteroatoms. The highest BCUT2D eigenvalue weighted by atomic mass is 16.2. The molecule has 0 spiro atoms. The number of aromatic nitrogens is 2. The zero-order chi connectivity index (χ0) is 15.4. The van der Waals surface area contributed by atoms with E-state index in [1.54, 1.807) is 12.3 Å². The normalized spacial score (nSPS) is 23.3. The molecule has 0 radical (unpaired) electrons. The Labute approximate surface area is 132 Å². The molecule has 0 aromatic carbocycles. The van der Waals surface area contributed by atoms with Gasteiger partial charge >= 0.3 is 0 Å². The predicted molar refractivity (Wildman–Crippen MR) is 86.8 cm³/mol. The van der Waals surface area contributed by atoms with E-state index in [1.807, 2.05) is 4.90 Å². The smallest absolute Gasteiger partial charge is 0.272 e. The molecule has 1 aliphatic heterocycles. The third kappa shape index (κ3) is 3.76. The van der Waals surface area contributed by atoms with Crippen LogP contribution in [0.3, 0.4) is 0 Å². The number of anilines is 1. The Morgan fingerprint density at radius 2 is 2.05 bits per heavy atom. The molecule has 2 heterocycles. The van der Waals surface area contributed by atoms with Crippen LogP contribution in [-0.4, -0.2) is 39.9 Å². The molecule has 2 aliphatic rings. The van der Waals surface area contributed by atoms with E-state index < -0.39 is 0 Å². The monoisotopic (exact) mass is 302 g/mol. The third-order valence-corrected chi connectivity index (χ3v) is 4.76. The van der Waals surface area contributed by atoms with Crippen molar-refractivity contribution in [3.8, 4) is 0 Å². The fraction of sp³-hybridized carbons (Fsp3) is 0.706. The summed E-state index contributed by atoms with van der Waals surface area (Å²) in [6, 6.07) is 2.18. The van der Waals surface area contributed by atoms with Crippen LogP contribution in [0, 0.1) is 5.92 Å². The van der Waals surface area contributed by atoms with Crippen LogP contribution >= 0.6 is 0 Å². The number of carbonyl (C=O) groups excluding carboxylic acids is 1. The first-order chi connectivity index (χ1) is 10.7. The van der Waals surface area contributed by atoms with Gasteiger partial charge < -0.3 is 10.2 Å². The van der Waals surface area contributed by atoms with Gasteiger partial charge in [-0.3, -0.25) is 4.79 Å². The maximum atomic E-state index is 12.6. The van der Waals surface area contributed by atoms with Gasteiger partial charge in [-0.2, -0.15) is 0 Å². The topological polar surface area (TPSA) is 58.1 Å². The predicted octanol–water partition coefficient (Wildman–Crippen LogP) is 3.09. The van der Waals surface area contributed by atoms with Crippen LogP contribution in [0.1, 0.15) is 62.4 Å². The number of hydrogen-bond donors (Lipinski definition) is 1. The number of piperidine rings is 1. The Morgan fingerprint density at radius 3 is 2.82 bits per heavy atom. The Kier molecular flexibility index (Phi) is 4.90. The number of carbonyl (C=O) groups is 1. The summed E-state index contributed by atoms with van der Waals surface area (Å²) in [5.74, 6) is 1.22. The molecule has 3 rings (SSSR count).